The number of hydrogen-bond donors (Lipinski definition) is 2. The predicted octanol–water partition coefficient (Wildman–Crippen LogP) is 2.21. The number of H-pyrrole nitrogens is 1. The second-order valence-corrected chi connectivity index (χ2v) is 5.55. The van der Waals surface area contributed by atoms with Crippen LogP contribution in [-0.2, 0) is 12.0 Å². The van der Waals surface area contributed by atoms with Gasteiger partial charge in [-0.15, -0.1) is 10.2 Å². The third-order valence-corrected chi connectivity index (χ3v) is 2.81. The maximum atomic E-state index is 13.4. The number of aromatic amines is 1. The standard InChI is InChI=1S/C14H17FN4O/c1-14(2,3)11-12(20)17-13(19-18-11)16-8-9-6-4-5-7-10(9)15/h4-7H,8H2,1-3H3,(H2,16,17,19,20). The van der Waals surface area contributed by atoms with E-state index in [-0.39, 0.29) is 29.3 Å². The normalized spacial score (nSPS) is 11.4. The van der Waals surface area contributed by atoms with Gasteiger partial charge < -0.3 is 5.32 Å². The molecule has 0 atom stereocenters. The number of hydrogen-bond acceptors (Lipinski definition) is 4. The van der Waals surface area contributed by atoms with E-state index in [0.29, 0.717) is 11.3 Å². The van der Waals surface area contributed by atoms with Gasteiger partial charge in [-0.1, -0.05) is 39.0 Å². The van der Waals surface area contributed by atoms with E-state index in [2.05, 4.69) is 20.5 Å². The van der Waals surface area contributed by atoms with Gasteiger partial charge in [0.05, 0.1) is 0 Å². The van der Waals surface area contributed by atoms with Crippen molar-refractivity contribution in [2.75, 3.05) is 5.32 Å². The Bertz CT molecular complexity index is 661. The number of anilines is 1. The summed E-state index contributed by atoms with van der Waals surface area (Å²) >= 11 is 0. The lowest BCUT2D eigenvalue weighted by atomic mass is 9.93. The molecule has 2 N–H and O–H groups in total. The number of nitrogens with zero attached hydrogens (tertiary/aromatic N) is 2. The molecule has 0 aliphatic rings. The first-order valence-corrected chi connectivity index (χ1v) is 6.32. The van der Waals surface area contributed by atoms with Crippen molar-refractivity contribution < 1.29 is 4.39 Å². The summed E-state index contributed by atoms with van der Waals surface area (Å²) < 4.78 is 13.4. The van der Waals surface area contributed by atoms with Gasteiger partial charge >= 0.3 is 0 Å². The zero-order valence-electron chi connectivity index (χ0n) is 11.7. The molecular weight excluding hydrogens is 259 g/mol. The van der Waals surface area contributed by atoms with E-state index in [1.807, 2.05) is 20.8 Å². The fourth-order valence-corrected chi connectivity index (χ4v) is 1.73. The molecule has 106 valence electrons. The van der Waals surface area contributed by atoms with Crippen LogP contribution in [0.25, 0.3) is 0 Å². The summed E-state index contributed by atoms with van der Waals surface area (Å²) in [5.74, 6) is -0.0760. The Morgan fingerprint density at radius 2 is 1.95 bits per heavy atom. The highest BCUT2D eigenvalue weighted by Gasteiger charge is 2.20. The van der Waals surface area contributed by atoms with E-state index >= 15 is 0 Å². The molecule has 0 spiro atoms. The second-order valence-electron chi connectivity index (χ2n) is 5.55. The highest BCUT2D eigenvalue weighted by Crippen LogP contribution is 2.15. The van der Waals surface area contributed by atoms with Crippen molar-refractivity contribution >= 4 is 5.95 Å². The van der Waals surface area contributed by atoms with E-state index in [4.69, 9.17) is 0 Å². The molecule has 0 saturated carbocycles. The molecule has 1 aromatic carbocycles. The summed E-state index contributed by atoms with van der Waals surface area (Å²) in [6.07, 6.45) is 0. The Morgan fingerprint density at radius 3 is 2.55 bits per heavy atom. The first kappa shape index (κ1) is 14.2. The third-order valence-electron chi connectivity index (χ3n) is 2.81. The predicted molar refractivity (Wildman–Crippen MR) is 75.1 cm³/mol. The molecule has 2 rings (SSSR count). The van der Waals surface area contributed by atoms with Crippen molar-refractivity contribution in [3.05, 3.63) is 51.7 Å². The zero-order valence-corrected chi connectivity index (χ0v) is 11.7. The van der Waals surface area contributed by atoms with Crippen molar-refractivity contribution in [3.63, 3.8) is 0 Å². The molecule has 0 radical (unpaired) electrons. The molecule has 20 heavy (non-hydrogen) atoms. The van der Waals surface area contributed by atoms with Crippen LogP contribution in [0.15, 0.2) is 29.1 Å². The first-order valence-electron chi connectivity index (χ1n) is 6.32. The lowest BCUT2D eigenvalue weighted by molar-refractivity contribution is 0.546. The van der Waals surface area contributed by atoms with E-state index in [0.717, 1.165) is 0 Å². The van der Waals surface area contributed by atoms with E-state index in [1.165, 1.54) is 6.07 Å². The third kappa shape index (κ3) is 3.20. The van der Waals surface area contributed by atoms with Crippen molar-refractivity contribution in [1.29, 1.82) is 0 Å². The van der Waals surface area contributed by atoms with Crippen LogP contribution in [-0.4, -0.2) is 15.2 Å². The summed E-state index contributed by atoms with van der Waals surface area (Å²) in [6.45, 7) is 5.89. The van der Waals surface area contributed by atoms with E-state index in [1.54, 1.807) is 18.2 Å². The minimum Gasteiger partial charge on any atom is -0.350 e. The quantitative estimate of drug-likeness (QED) is 0.901. The summed E-state index contributed by atoms with van der Waals surface area (Å²) in [7, 11) is 0. The smallest absolute Gasteiger partial charge is 0.274 e. The topological polar surface area (TPSA) is 70.7 Å². The Hall–Kier alpha value is -2.24. The van der Waals surface area contributed by atoms with Crippen LogP contribution < -0.4 is 10.9 Å². The minimum atomic E-state index is -0.370. The van der Waals surface area contributed by atoms with Gasteiger partial charge in [0.1, 0.15) is 11.5 Å². The monoisotopic (exact) mass is 276 g/mol. The van der Waals surface area contributed by atoms with Crippen molar-refractivity contribution in [3.8, 4) is 0 Å². The fourth-order valence-electron chi connectivity index (χ4n) is 1.73. The average Bonchev–Trinajstić information content (AvgIpc) is 2.36. The Balaban J connectivity index is 2.14. The van der Waals surface area contributed by atoms with Crippen LogP contribution in [0.1, 0.15) is 32.0 Å². The number of nitrogens with one attached hydrogen (secondary N) is 2. The van der Waals surface area contributed by atoms with Gasteiger partial charge in [0.25, 0.3) is 5.56 Å². The van der Waals surface area contributed by atoms with E-state index < -0.39 is 0 Å². The van der Waals surface area contributed by atoms with Crippen molar-refractivity contribution in [2.24, 2.45) is 0 Å². The van der Waals surface area contributed by atoms with Gasteiger partial charge in [0, 0.05) is 17.5 Å². The summed E-state index contributed by atoms with van der Waals surface area (Å²) in [5, 5.41) is 10.7. The lowest BCUT2D eigenvalue weighted by Gasteiger charge is -2.15. The Morgan fingerprint density at radius 1 is 1.25 bits per heavy atom. The van der Waals surface area contributed by atoms with Gasteiger partial charge in [-0.05, 0) is 6.07 Å². The van der Waals surface area contributed by atoms with Crippen molar-refractivity contribution in [2.45, 2.75) is 32.7 Å². The SMILES string of the molecule is CC(C)(C)c1nnc(NCc2ccccc2F)[nH]c1=O. The van der Waals surface area contributed by atoms with Gasteiger partial charge in [0.15, 0.2) is 0 Å². The fraction of sp³-hybridized carbons (Fsp3) is 0.357. The molecule has 2 aromatic rings. The lowest BCUT2D eigenvalue weighted by Crippen LogP contribution is -2.28. The average molecular weight is 276 g/mol. The number of halogens is 1. The van der Waals surface area contributed by atoms with Crippen LogP contribution in [0.3, 0.4) is 0 Å². The molecule has 1 aromatic heterocycles. The molecule has 6 heteroatoms. The van der Waals surface area contributed by atoms with Gasteiger partial charge in [0.2, 0.25) is 5.95 Å². The van der Waals surface area contributed by atoms with Gasteiger partial charge in [-0.2, -0.15) is 0 Å². The largest absolute Gasteiger partial charge is 0.350 e. The molecule has 1 heterocycles. The van der Waals surface area contributed by atoms with Gasteiger partial charge in [-0.3, -0.25) is 9.78 Å². The zero-order chi connectivity index (χ0) is 14.8. The summed E-state index contributed by atoms with van der Waals surface area (Å²) in [4.78, 5) is 14.5. The highest BCUT2D eigenvalue weighted by atomic mass is 19.1. The van der Waals surface area contributed by atoms with Crippen LogP contribution >= 0.6 is 0 Å². The molecule has 0 aliphatic carbocycles. The van der Waals surface area contributed by atoms with Crippen LogP contribution in [0.4, 0.5) is 10.3 Å². The Kier molecular flexibility index (Phi) is 3.83. The summed E-state index contributed by atoms with van der Waals surface area (Å²) in [5.41, 5.74) is 0.206. The second kappa shape index (κ2) is 5.40. The molecule has 0 saturated heterocycles. The van der Waals surface area contributed by atoms with Crippen LogP contribution in [0, 0.1) is 5.82 Å². The number of rotatable bonds is 3. The maximum Gasteiger partial charge on any atom is 0.274 e. The minimum absolute atomic E-state index is 0.228. The van der Waals surface area contributed by atoms with Gasteiger partial charge in [-0.25, -0.2) is 4.39 Å². The molecule has 0 amide bonds. The van der Waals surface area contributed by atoms with E-state index in [9.17, 15) is 9.18 Å². The Labute approximate surface area is 116 Å². The molecule has 5 nitrogen and oxygen atoms in total. The molecular formula is C14H17FN4O. The van der Waals surface area contributed by atoms with Crippen LogP contribution in [0.2, 0.25) is 0 Å². The van der Waals surface area contributed by atoms with Crippen LogP contribution in [0.5, 0.6) is 0 Å². The number of benzene rings is 1. The molecule has 0 bridgehead atoms. The molecule has 0 aliphatic heterocycles. The highest BCUT2D eigenvalue weighted by molar-refractivity contribution is 5.27. The maximum absolute atomic E-state index is 13.4. The first-order chi connectivity index (χ1) is 9.38. The molecule has 0 unspecified atom stereocenters. The number of aromatic nitrogens is 3. The van der Waals surface area contributed by atoms with Crippen molar-refractivity contribution in [1.82, 2.24) is 15.2 Å². The molecule has 0 fully saturated rings. The summed E-state index contributed by atoms with van der Waals surface area (Å²) in [6, 6.07) is 6.42.